The van der Waals surface area contributed by atoms with Gasteiger partial charge in [0.05, 0.1) is 12.8 Å². The number of nitrogens with one attached hydrogen (secondary N) is 1. The van der Waals surface area contributed by atoms with Gasteiger partial charge in [0.25, 0.3) is 5.91 Å². The smallest absolute Gasteiger partial charge is 0.321 e. The number of hydrogen-bond donors (Lipinski definition) is 1. The van der Waals surface area contributed by atoms with Gasteiger partial charge in [-0.15, -0.1) is 0 Å². The first kappa shape index (κ1) is 19.8. The first-order valence-electron chi connectivity index (χ1n) is 10.1. The Hall–Kier alpha value is -3.54. The van der Waals surface area contributed by atoms with E-state index >= 15 is 0 Å². The van der Waals surface area contributed by atoms with E-state index in [9.17, 15) is 9.59 Å². The fraction of sp³-hybridized carbons (Fsp3) is 0.250. The average Bonchev–Trinajstić information content (AvgIpc) is 3.05. The predicted octanol–water partition coefficient (Wildman–Crippen LogP) is 4.23. The lowest BCUT2D eigenvalue weighted by Gasteiger charge is -2.23. The second-order valence-electron chi connectivity index (χ2n) is 7.32. The minimum Gasteiger partial charge on any atom is -0.497 e. The van der Waals surface area contributed by atoms with Crippen LogP contribution < -0.4 is 10.1 Å². The number of anilines is 1. The van der Waals surface area contributed by atoms with Crippen molar-refractivity contribution in [3.05, 3.63) is 72.3 Å². The number of methoxy groups -OCH3 is 1. The van der Waals surface area contributed by atoms with Crippen molar-refractivity contribution in [2.75, 3.05) is 38.6 Å². The van der Waals surface area contributed by atoms with Crippen LogP contribution in [-0.2, 0) is 0 Å². The molecule has 3 amide bonds. The lowest BCUT2D eigenvalue weighted by Crippen LogP contribution is -2.39. The third kappa shape index (κ3) is 4.22. The topological polar surface area (TPSA) is 61.9 Å². The van der Waals surface area contributed by atoms with Crippen molar-refractivity contribution in [1.82, 2.24) is 9.80 Å². The van der Waals surface area contributed by atoms with Crippen LogP contribution in [0.15, 0.2) is 66.7 Å². The summed E-state index contributed by atoms with van der Waals surface area (Å²) in [5, 5.41) is 5.14. The highest BCUT2D eigenvalue weighted by Crippen LogP contribution is 2.23. The van der Waals surface area contributed by atoms with Crippen molar-refractivity contribution < 1.29 is 14.3 Å². The Labute approximate surface area is 176 Å². The molecule has 6 heteroatoms. The molecule has 1 aliphatic rings. The number of carbonyl (C=O) groups excluding carboxylic acids is 2. The summed E-state index contributed by atoms with van der Waals surface area (Å²) in [6.45, 7) is 2.25. The Morgan fingerprint density at radius 1 is 0.833 bits per heavy atom. The summed E-state index contributed by atoms with van der Waals surface area (Å²) in [7, 11) is 1.60. The van der Waals surface area contributed by atoms with Crippen LogP contribution in [0.5, 0.6) is 5.75 Å². The summed E-state index contributed by atoms with van der Waals surface area (Å²) in [5.41, 5.74) is 1.43. The molecule has 0 atom stereocenters. The van der Waals surface area contributed by atoms with Gasteiger partial charge in [0.1, 0.15) is 5.75 Å². The normalized spacial score (nSPS) is 14.3. The van der Waals surface area contributed by atoms with E-state index < -0.39 is 0 Å². The number of fused-ring (bicyclic) bond motifs is 1. The molecule has 1 fully saturated rings. The molecule has 154 valence electrons. The molecule has 0 aromatic heterocycles. The van der Waals surface area contributed by atoms with Crippen molar-refractivity contribution in [2.45, 2.75) is 6.42 Å². The number of carbonyl (C=O) groups is 2. The van der Waals surface area contributed by atoms with E-state index in [1.807, 2.05) is 47.4 Å². The second-order valence-corrected chi connectivity index (χ2v) is 7.32. The largest absolute Gasteiger partial charge is 0.497 e. The number of urea groups is 1. The molecular formula is C24H25N3O3. The van der Waals surface area contributed by atoms with Crippen molar-refractivity contribution in [3.63, 3.8) is 0 Å². The molecular weight excluding hydrogens is 378 g/mol. The molecule has 0 bridgehead atoms. The monoisotopic (exact) mass is 403 g/mol. The Bertz CT molecular complexity index is 1040. The van der Waals surface area contributed by atoms with E-state index in [4.69, 9.17) is 4.74 Å². The van der Waals surface area contributed by atoms with E-state index in [0.717, 1.165) is 28.6 Å². The SMILES string of the molecule is COc1ccc(C(=O)N2CCCN(C(=O)Nc3cccc4ccccc34)CC2)cc1. The minimum absolute atomic E-state index is 0.0195. The van der Waals surface area contributed by atoms with Gasteiger partial charge in [-0.1, -0.05) is 36.4 Å². The molecule has 1 N–H and O–H groups in total. The number of amides is 3. The average molecular weight is 403 g/mol. The first-order valence-corrected chi connectivity index (χ1v) is 10.1. The maximum absolute atomic E-state index is 12.9. The predicted molar refractivity (Wildman–Crippen MR) is 118 cm³/mol. The van der Waals surface area contributed by atoms with Gasteiger partial charge in [-0.2, -0.15) is 0 Å². The third-order valence-corrected chi connectivity index (χ3v) is 5.44. The van der Waals surface area contributed by atoms with Crippen molar-refractivity contribution in [1.29, 1.82) is 0 Å². The van der Waals surface area contributed by atoms with E-state index in [0.29, 0.717) is 31.7 Å². The standard InChI is InChI=1S/C24H25N3O3/c1-30-20-12-10-19(11-13-20)23(28)26-14-5-15-27(17-16-26)24(29)25-22-9-4-7-18-6-2-3-8-21(18)22/h2-4,6-13H,5,14-17H2,1H3,(H,25,29). The summed E-state index contributed by atoms with van der Waals surface area (Å²) in [6.07, 6.45) is 0.741. The third-order valence-electron chi connectivity index (χ3n) is 5.44. The molecule has 0 unspecified atom stereocenters. The molecule has 0 radical (unpaired) electrons. The zero-order valence-electron chi connectivity index (χ0n) is 17.0. The van der Waals surface area contributed by atoms with Gasteiger partial charge in [0.2, 0.25) is 0 Å². The maximum atomic E-state index is 12.9. The van der Waals surface area contributed by atoms with Crippen LogP contribution in [0.25, 0.3) is 10.8 Å². The molecule has 0 aliphatic carbocycles. The first-order chi connectivity index (χ1) is 14.7. The highest BCUT2D eigenvalue weighted by Gasteiger charge is 2.23. The molecule has 1 saturated heterocycles. The molecule has 1 aliphatic heterocycles. The molecule has 0 spiro atoms. The number of hydrogen-bond acceptors (Lipinski definition) is 3. The summed E-state index contributed by atoms with van der Waals surface area (Å²) in [5.74, 6) is 0.702. The van der Waals surface area contributed by atoms with Crippen LogP contribution in [0.2, 0.25) is 0 Å². The van der Waals surface area contributed by atoms with E-state index in [1.165, 1.54) is 0 Å². The van der Waals surface area contributed by atoms with Crippen LogP contribution in [0.1, 0.15) is 16.8 Å². The van der Waals surface area contributed by atoms with E-state index in [1.54, 1.807) is 36.3 Å². The molecule has 0 saturated carbocycles. The van der Waals surface area contributed by atoms with Gasteiger partial charge in [-0.3, -0.25) is 4.79 Å². The zero-order valence-corrected chi connectivity index (χ0v) is 17.0. The quantitative estimate of drug-likeness (QED) is 0.712. The highest BCUT2D eigenvalue weighted by molar-refractivity contribution is 6.01. The van der Waals surface area contributed by atoms with E-state index in [2.05, 4.69) is 5.32 Å². The fourth-order valence-corrected chi connectivity index (χ4v) is 3.77. The molecule has 6 nitrogen and oxygen atoms in total. The summed E-state index contributed by atoms with van der Waals surface area (Å²) in [6, 6.07) is 20.8. The molecule has 3 aromatic carbocycles. The molecule has 3 aromatic rings. The van der Waals surface area contributed by atoms with Crippen LogP contribution in [0, 0.1) is 0 Å². The van der Waals surface area contributed by atoms with Gasteiger partial charge in [0, 0.05) is 37.1 Å². The Morgan fingerprint density at radius 2 is 1.53 bits per heavy atom. The molecule has 4 rings (SSSR count). The molecule has 1 heterocycles. The van der Waals surface area contributed by atoms with Crippen molar-refractivity contribution >= 4 is 28.4 Å². The second kappa shape index (κ2) is 8.86. The van der Waals surface area contributed by atoms with Gasteiger partial charge in [-0.25, -0.2) is 4.79 Å². The number of rotatable bonds is 3. The minimum atomic E-state index is -0.134. The number of ether oxygens (including phenoxy) is 1. The van der Waals surface area contributed by atoms with Gasteiger partial charge in [0.15, 0.2) is 0 Å². The summed E-state index contributed by atoms with van der Waals surface area (Å²) >= 11 is 0. The number of benzene rings is 3. The number of nitrogens with zero attached hydrogens (tertiary/aromatic N) is 2. The van der Waals surface area contributed by atoms with Crippen LogP contribution in [-0.4, -0.2) is 55.0 Å². The lowest BCUT2D eigenvalue weighted by atomic mass is 10.1. The lowest BCUT2D eigenvalue weighted by molar-refractivity contribution is 0.0762. The highest BCUT2D eigenvalue weighted by atomic mass is 16.5. The van der Waals surface area contributed by atoms with Gasteiger partial charge >= 0.3 is 6.03 Å². The molecule has 30 heavy (non-hydrogen) atoms. The van der Waals surface area contributed by atoms with Crippen LogP contribution in [0.3, 0.4) is 0 Å². The zero-order chi connectivity index (χ0) is 20.9. The van der Waals surface area contributed by atoms with Gasteiger partial charge in [-0.05, 0) is 42.1 Å². The Morgan fingerprint density at radius 3 is 2.33 bits per heavy atom. The van der Waals surface area contributed by atoms with Crippen molar-refractivity contribution in [3.8, 4) is 5.75 Å². The maximum Gasteiger partial charge on any atom is 0.321 e. The van der Waals surface area contributed by atoms with E-state index in [-0.39, 0.29) is 11.9 Å². The summed E-state index contributed by atoms with van der Waals surface area (Å²) < 4.78 is 5.15. The Kier molecular flexibility index (Phi) is 5.84. The fourth-order valence-electron chi connectivity index (χ4n) is 3.77. The van der Waals surface area contributed by atoms with Crippen molar-refractivity contribution in [2.24, 2.45) is 0 Å². The van der Waals surface area contributed by atoms with Gasteiger partial charge < -0.3 is 19.9 Å². The Balaban J connectivity index is 1.41. The summed E-state index contributed by atoms with van der Waals surface area (Å²) in [4.78, 5) is 29.3. The van der Waals surface area contributed by atoms with Crippen LogP contribution in [0.4, 0.5) is 10.5 Å². The van der Waals surface area contributed by atoms with Crippen LogP contribution >= 0.6 is 0 Å².